The quantitative estimate of drug-likeness (QED) is 0.456. The number of ether oxygens (including phenoxy) is 1. The lowest BCUT2D eigenvalue weighted by Crippen LogP contribution is -2.51. The van der Waals surface area contributed by atoms with Gasteiger partial charge in [0.15, 0.2) is 27.3 Å². The Kier molecular flexibility index (Phi) is 7.48. The summed E-state index contributed by atoms with van der Waals surface area (Å²) in [5.74, 6) is -5.44. The topological polar surface area (TPSA) is 92.8 Å². The van der Waals surface area contributed by atoms with Crippen molar-refractivity contribution in [2.75, 3.05) is 5.32 Å². The third kappa shape index (κ3) is 5.49. The maximum atomic E-state index is 13.7. The van der Waals surface area contributed by atoms with Crippen molar-refractivity contribution in [3.05, 3.63) is 58.4 Å². The summed E-state index contributed by atoms with van der Waals surface area (Å²) >= 11 is 6.26. The Morgan fingerprint density at radius 1 is 1.05 bits per heavy atom. The van der Waals surface area contributed by atoms with Crippen LogP contribution in [0.5, 0.6) is 0 Å². The van der Waals surface area contributed by atoms with Gasteiger partial charge in [0.25, 0.3) is 5.91 Å². The summed E-state index contributed by atoms with van der Waals surface area (Å²) in [6.07, 6.45) is 0.526. The molecule has 12 heteroatoms. The first-order chi connectivity index (χ1) is 17.6. The number of rotatable bonds is 4. The molecule has 2 saturated heterocycles. The summed E-state index contributed by atoms with van der Waals surface area (Å²) in [7, 11) is -4.03. The van der Waals surface area contributed by atoms with E-state index < -0.39 is 50.1 Å². The van der Waals surface area contributed by atoms with E-state index in [1.807, 2.05) is 6.92 Å². The largest absolute Gasteiger partial charge is 0.444 e. The molecule has 2 aliphatic heterocycles. The van der Waals surface area contributed by atoms with E-state index in [1.54, 1.807) is 25.7 Å². The van der Waals surface area contributed by atoms with Gasteiger partial charge >= 0.3 is 6.09 Å². The van der Waals surface area contributed by atoms with Crippen molar-refractivity contribution < 1.29 is 35.9 Å². The Morgan fingerprint density at radius 3 is 2.26 bits per heavy atom. The zero-order chi connectivity index (χ0) is 28.2. The maximum absolute atomic E-state index is 13.7. The summed E-state index contributed by atoms with van der Waals surface area (Å²) in [5.41, 5.74) is -1.16. The molecule has 2 aromatic carbocycles. The highest BCUT2D eigenvalue weighted by atomic mass is 35.5. The number of nitrogens with zero attached hydrogens (tertiary/aromatic N) is 1. The van der Waals surface area contributed by atoms with Crippen LogP contribution in [0.25, 0.3) is 0 Å². The van der Waals surface area contributed by atoms with Gasteiger partial charge in [0.05, 0.1) is 15.2 Å². The van der Waals surface area contributed by atoms with Gasteiger partial charge < -0.3 is 15.0 Å². The first kappa shape index (κ1) is 28.2. The van der Waals surface area contributed by atoms with Gasteiger partial charge in [-0.15, -0.1) is 0 Å². The minimum Gasteiger partial charge on any atom is -0.444 e. The predicted octanol–water partition coefficient (Wildman–Crippen LogP) is 5.96. The minimum absolute atomic E-state index is 0.0665. The van der Waals surface area contributed by atoms with Crippen molar-refractivity contribution in [3.63, 3.8) is 0 Å². The van der Waals surface area contributed by atoms with E-state index in [4.69, 9.17) is 16.3 Å². The number of amides is 2. The van der Waals surface area contributed by atoms with Crippen LogP contribution in [0.1, 0.15) is 57.3 Å². The van der Waals surface area contributed by atoms with Crippen molar-refractivity contribution in [1.29, 1.82) is 0 Å². The fraction of sp³-hybridized carbons (Fsp3) is 0.462. The molecule has 2 amide bonds. The molecule has 1 N–H and O–H groups in total. The molecule has 4 rings (SSSR count). The molecule has 2 bridgehead atoms. The molecule has 4 atom stereocenters. The average molecular weight is 573 g/mol. The summed E-state index contributed by atoms with van der Waals surface area (Å²) in [4.78, 5) is 27.0. The molecule has 0 saturated carbocycles. The molecule has 2 aromatic rings. The lowest BCUT2D eigenvalue weighted by molar-refractivity contribution is 0.00640. The Bertz CT molecular complexity index is 1370. The molecule has 7 nitrogen and oxygen atoms in total. The third-order valence-electron chi connectivity index (χ3n) is 6.88. The van der Waals surface area contributed by atoms with Crippen molar-refractivity contribution in [2.24, 2.45) is 5.92 Å². The summed E-state index contributed by atoms with van der Waals surface area (Å²) in [6, 6.07) is 4.18. The molecule has 206 valence electrons. The first-order valence-electron chi connectivity index (χ1n) is 12.1. The number of piperidine rings is 1. The Morgan fingerprint density at radius 2 is 1.68 bits per heavy atom. The normalized spacial score (nSPS) is 23.3. The van der Waals surface area contributed by atoms with Crippen molar-refractivity contribution in [2.45, 2.75) is 74.8 Å². The van der Waals surface area contributed by atoms with Crippen LogP contribution in [-0.4, -0.2) is 48.3 Å². The zero-order valence-corrected chi connectivity index (χ0v) is 22.8. The van der Waals surface area contributed by atoms with Gasteiger partial charge in [0.1, 0.15) is 5.60 Å². The van der Waals surface area contributed by atoms with Crippen LogP contribution in [0.4, 0.5) is 23.7 Å². The van der Waals surface area contributed by atoms with E-state index in [1.165, 1.54) is 12.1 Å². The second-order valence-corrected chi connectivity index (χ2v) is 13.4. The number of hydrogen-bond donors (Lipinski definition) is 1. The second kappa shape index (κ2) is 10.1. The molecular weight excluding hydrogens is 545 g/mol. The van der Waals surface area contributed by atoms with Crippen LogP contribution in [0.3, 0.4) is 0 Å². The van der Waals surface area contributed by atoms with Gasteiger partial charge in [0.2, 0.25) is 0 Å². The zero-order valence-electron chi connectivity index (χ0n) is 21.2. The number of nitrogens with one attached hydrogen (secondary N) is 1. The average Bonchev–Trinajstić information content (AvgIpc) is 3.00. The van der Waals surface area contributed by atoms with Crippen molar-refractivity contribution >= 4 is 39.1 Å². The molecule has 0 aromatic heterocycles. The number of carbonyl (C=O) groups is 2. The minimum atomic E-state index is -4.03. The van der Waals surface area contributed by atoms with Crippen LogP contribution in [0.2, 0.25) is 5.02 Å². The number of hydrogen-bond acceptors (Lipinski definition) is 5. The highest BCUT2D eigenvalue weighted by molar-refractivity contribution is 7.92. The summed E-state index contributed by atoms with van der Waals surface area (Å²) in [5, 5.41) is 1.29. The lowest BCUT2D eigenvalue weighted by atomic mass is 9.99. The van der Waals surface area contributed by atoms with E-state index in [-0.39, 0.29) is 52.0 Å². The van der Waals surface area contributed by atoms with Crippen molar-refractivity contribution in [3.8, 4) is 0 Å². The molecule has 2 heterocycles. The number of carbonyl (C=O) groups excluding carboxylic acids is 2. The van der Waals surface area contributed by atoms with Gasteiger partial charge in [-0.3, -0.25) is 4.79 Å². The molecule has 2 aliphatic rings. The molecule has 38 heavy (non-hydrogen) atoms. The van der Waals surface area contributed by atoms with Crippen LogP contribution in [0.15, 0.2) is 35.2 Å². The van der Waals surface area contributed by atoms with Crippen LogP contribution in [-0.2, 0) is 14.6 Å². The SMILES string of the molecule is C[C@H]1CC2C[C@H](S(=O)(=O)c3cc(C(=O)Nc4cc(F)c(F)c(F)c4)ccc3Cl)CC1N2C(=O)OC(C)(C)C. The standard InChI is InChI=1S/C26H28ClF3N2O5S/c1-13-7-16-11-17(12-21(13)32(16)25(34)37-26(2,3)4)38(35,36)22-8-14(5-6-18(22)27)24(33)31-15-9-19(28)23(30)20(29)10-15/h5-6,8-10,13,16-17,21H,7,11-12H2,1-4H3,(H,31,33)/t13-,16?,17-,21?/m0/s1. The fourth-order valence-electron chi connectivity index (χ4n) is 5.20. The van der Waals surface area contributed by atoms with E-state index >= 15 is 0 Å². The molecule has 2 fully saturated rings. The van der Waals surface area contributed by atoms with Gasteiger partial charge in [-0.05, 0) is 64.2 Å². The summed E-state index contributed by atoms with van der Waals surface area (Å²) < 4.78 is 73.3. The van der Waals surface area contributed by atoms with Gasteiger partial charge in [-0.25, -0.2) is 26.4 Å². The van der Waals surface area contributed by atoms with Crippen LogP contribution in [0, 0.1) is 23.4 Å². The van der Waals surface area contributed by atoms with Gasteiger partial charge in [-0.2, -0.15) is 0 Å². The van der Waals surface area contributed by atoms with E-state index in [0.717, 1.165) is 6.07 Å². The molecule has 0 aliphatic carbocycles. The fourth-order valence-corrected chi connectivity index (χ4v) is 7.55. The first-order valence-corrected chi connectivity index (χ1v) is 14.0. The Hall–Kier alpha value is -2.79. The Labute approximate surface area is 224 Å². The molecule has 0 radical (unpaired) electrons. The van der Waals surface area contributed by atoms with Gasteiger partial charge in [-0.1, -0.05) is 18.5 Å². The highest BCUT2D eigenvalue weighted by Gasteiger charge is 2.51. The van der Waals surface area contributed by atoms with E-state index in [9.17, 15) is 31.2 Å². The van der Waals surface area contributed by atoms with Crippen molar-refractivity contribution in [1.82, 2.24) is 4.90 Å². The van der Waals surface area contributed by atoms with Crippen LogP contribution < -0.4 is 5.32 Å². The van der Waals surface area contributed by atoms with E-state index in [0.29, 0.717) is 18.6 Å². The predicted molar refractivity (Wildman–Crippen MR) is 135 cm³/mol. The van der Waals surface area contributed by atoms with E-state index in [2.05, 4.69) is 5.32 Å². The Balaban J connectivity index is 1.57. The van der Waals surface area contributed by atoms with Gasteiger partial charge in [0, 0.05) is 35.5 Å². The number of sulfone groups is 1. The smallest absolute Gasteiger partial charge is 0.410 e. The second-order valence-electron chi connectivity index (χ2n) is 10.8. The van der Waals surface area contributed by atoms with Crippen LogP contribution >= 0.6 is 11.6 Å². The highest BCUT2D eigenvalue weighted by Crippen LogP contribution is 2.44. The number of fused-ring (bicyclic) bond motifs is 2. The molecular formula is C26H28ClF3N2O5S. The number of benzene rings is 2. The maximum Gasteiger partial charge on any atom is 0.410 e. The summed E-state index contributed by atoms with van der Waals surface area (Å²) in [6.45, 7) is 7.26. The lowest BCUT2D eigenvalue weighted by Gasteiger charge is -2.39. The monoisotopic (exact) mass is 572 g/mol. The molecule has 2 unspecified atom stereocenters. The number of halogens is 4. The molecule has 0 spiro atoms. The number of anilines is 1. The third-order valence-corrected chi connectivity index (χ3v) is 9.53.